The average Bonchev–Trinajstić information content (AvgIpc) is 2.54. The number of nitrogens with zero attached hydrogens (tertiary/aromatic N) is 1. The van der Waals surface area contributed by atoms with Gasteiger partial charge in [0.15, 0.2) is 11.5 Å². The molecule has 0 amide bonds. The number of rotatable bonds is 5. The average molecular weight is 277 g/mol. The molecular formula is C19H19NO. The Kier molecular flexibility index (Phi) is 4.90. The third-order valence-corrected chi connectivity index (χ3v) is 3.68. The van der Waals surface area contributed by atoms with Crippen LogP contribution in [-0.2, 0) is 12.8 Å². The van der Waals surface area contributed by atoms with Crippen molar-refractivity contribution >= 4 is 11.5 Å². The van der Waals surface area contributed by atoms with Crippen LogP contribution in [0.15, 0.2) is 48.5 Å². The number of Topliss-reactive ketones (excluding diaryl/α,β-unsaturated/α-hetero) is 1. The van der Waals surface area contributed by atoms with E-state index in [1.165, 1.54) is 11.1 Å². The maximum Gasteiger partial charge on any atom is 0.187 e. The lowest BCUT2D eigenvalue weighted by Crippen LogP contribution is -2.13. The predicted octanol–water partition coefficient (Wildman–Crippen LogP) is 4.86. The van der Waals surface area contributed by atoms with Crippen molar-refractivity contribution in [2.75, 3.05) is 0 Å². The van der Waals surface area contributed by atoms with Crippen LogP contribution >= 0.6 is 0 Å². The third-order valence-electron chi connectivity index (χ3n) is 3.68. The molecule has 0 spiro atoms. The molecule has 0 heterocycles. The van der Waals surface area contributed by atoms with Gasteiger partial charge < -0.3 is 0 Å². The second kappa shape index (κ2) is 6.85. The molecule has 2 heteroatoms. The van der Waals surface area contributed by atoms with E-state index in [2.05, 4.69) is 36.0 Å². The lowest BCUT2D eigenvalue weighted by molar-refractivity contribution is 0.0929. The number of ketones is 1. The first-order chi connectivity index (χ1) is 10.1. The number of aryl methyl sites for hydroxylation is 1. The second-order valence-electron chi connectivity index (χ2n) is 5.30. The van der Waals surface area contributed by atoms with Gasteiger partial charge in [-0.3, -0.25) is 4.79 Å². The Labute approximate surface area is 126 Å². The minimum absolute atomic E-state index is 0.0848. The summed E-state index contributed by atoms with van der Waals surface area (Å²) < 4.78 is 0. The molecule has 0 saturated carbocycles. The van der Waals surface area contributed by atoms with Gasteiger partial charge in [0.1, 0.15) is 0 Å². The van der Waals surface area contributed by atoms with Gasteiger partial charge in [-0.25, -0.2) is 4.85 Å². The first-order valence-electron chi connectivity index (χ1n) is 7.23. The number of hydrogen-bond donors (Lipinski definition) is 0. The fourth-order valence-electron chi connectivity index (χ4n) is 2.37. The standard InChI is InChI=1S/C19H19NO/c1-4-15-8-10-16(11-9-15)12-14(2)19(21)17-6-5-7-18(13-17)20-3/h5-11,13-14H,4,12H2,1-2H3. The van der Waals surface area contributed by atoms with Crippen molar-refractivity contribution in [1.29, 1.82) is 0 Å². The lowest BCUT2D eigenvalue weighted by atomic mass is 9.92. The van der Waals surface area contributed by atoms with Crippen LogP contribution < -0.4 is 0 Å². The molecule has 0 aliphatic rings. The van der Waals surface area contributed by atoms with E-state index < -0.39 is 0 Å². The molecule has 0 aliphatic carbocycles. The summed E-state index contributed by atoms with van der Waals surface area (Å²) in [5, 5.41) is 0. The van der Waals surface area contributed by atoms with Crippen LogP contribution in [0.3, 0.4) is 0 Å². The number of carbonyl (C=O) groups is 1. The molecular weight excluding hydrogens is 258 g/mol. The van der Waals surface area contributed by atoms with Crippen molar-refractivity contribution < 1.29 is 4.79 Å². The van der Waals surface area contributed by atoms with Crippen molar-refractivity contribution in [2.24, 2.45) is 5.92 Å². The third kappa shape index (κ3) is 3.79. The van der Waals surface area contributed by atoms with E-state index in [-0.39, 0.29) is 11.7 Å². The zero-order valence-electron chi connectivity index (χ0n) is 12.5. The summed E-state index contributed by atoms with van der Waals surface area (Å²) in [5.41, 5.74) is 3.62. The smallest absolute Gasteiger partial charge is 0.187 e. The number of hydrogen-bond acceptors (Lipinski definition) is 1. The normalized spacial score (nSPS) is 11.7. The summed E-state index contributed by atoms with van der Waals surface area (Å²) in [7, 11) is 0. The lowest BCUT2D eigenvalue weighted by Gasteiger charge is -2.11. The van der Waals surface area contributed by atoms with E-state index in [9.17, 15) is 4.79 Å². The minimum Gasteiger partial charge on any atom is -0.294 e. The molecule has 2 aromatic rings. The van der Waals surface area contributed by atoms with Gasteiger partial charge in [0, 0.05) is 11.5 Å². The highest BCUT2D eigenvalue weighted by atomic mass is 16.1. The molecule has 0 N–H and O–H groups in total. The van der Waals surface area contributed by atoms with E-state index in [1.807, 2.05) is 6.92 Å². The van der Waals surface area contributed by atoms with Crippen LogP contribution in [0.4, 0.5) is 5.69 Å². The van der Waals surface area contributed by atoms with Gasteiger partial charge in [0.2, 0.25) is 0 Å². The quantitative estimate of drug-likeness (QED) is 0.565. The number of benzene rings is 2. The monoisotopic (exact) mass is 277 g/mol. The van der Waals surface area contributed by atoms with Gasteiger partial charge in [-0.05, 0) is 30.0 Å². The van der Waals surface area contributed by atoms with Gasteiger partial charge in [-0.15, -0.1) is 0 Å². The van der Waals surface area contributed by atoms with Gasteiger partial charge in [-0.2, -0.15) is 0 Å². The maximum absolute atomic E-state index is 12.4. The zero-order chi connectivity index (χ0) is 15.2. The van der Waals surface area contributed by atoms with Gasteiger partial charge in [0.05, 0.1) is 6.57 Å². The topological polar surface area (TPSA) is 21.4 Å². The molecule has 21 heavy (non-hydrogen) atoms. The molecule has 2 nitrogen and oxygen atoms in total. The second-order valence-corrected chi connectivity index (χ2v) is 5.30. The SMILES string of the molecule is [C-]#[N+]c1cccc(C(=O)C(C)Cc2ccc(CC)cc2)c1. The van der Waals surface area contributed by atoms with Crippen molar-refractivity contribution in [2.45, 2.75) is 26.7 Å². The van der Waals surface area contributed by atoms with Gasteiger partial charge in [-0.1, -0.05) is 56.3 Å². The Balaban J connectivity index is 2.09. The summed E-state index contributed by atoms with van der Waals surface area (Å²) in [6.07, 6.45) is 1.75. The van der Waals surface area contributed by atoms with Crippen LogP contribution in [-0.4, -0.2) is 5.78 Å². The molecule has 0 aromatic heterocycles. The van der Waals surface area contributed by atoms with E-state index in [1.54, 1.807) is 24.3 Å². The van der Waals surface area contributed by atoms with Crippen LogP contribution in [0.25, 0.3) is 4.85 Å². The molecule has 0 saturated heterocycles. The van der Waals surface area contributed by atoms with Crippen LogP contribution in [0.2, 0.25) is 0 Å². The Morgan fingerprint density at radius 1 is 1.14 bits per heavy atom. The highest BCUT2D eigenvalue weighted by molar-refractivity contribution is 5.98. The predicted molar refractivity (Wildman–Crippen MR) is 85.7 cm³/mol. The molecule has 0 bridgehead atoms. The van der Waals surface area contributed by atoms with Crippen LogP contribution in [0.5, 0.6) is 0 Å². The first-order valence-corrected chi connectivity index (χ1v) is 7.23. The number of carbonyl (C=O) groups excluding carboxylic acids is 1. The van der Waals surface area contributed by atoms with Crippen molar-refractivity contribution in [3.05, 3.63) is 76.6 Å². The zero-order valence-corrected chi connectivity index (χ0v) is 12.5. The molecule has 0 fully saturated rings. The van der Waals surface area contributed by atoms with E-state index >= 15 is 0 Å². The fourth-order valence-corrected chi connectivity index (χ4v) is 2.37. The molecule has 2 aromatic carbocycles. The molecule has 1 atom stereocenters. The largest absolute Gasteiger partial charge is 0.294 e. The first kappa shape index (κ1) is 15.0. The minimum atomic E-state index is -0.0848. The highest BCUT2D eigenvalue weighted by Gasteiger charge is 2.16. The Morgan fingerprint density at radius 2 is 1.81 bits per heavy atom. The van der Waals surface area contributed by atoms with Crippen molar-refractivity contribution in [3.63, 3.8) is 0 Å². The van der Waals surface area contributed by atoms with E-state index in [4.69, 9.17) is 6.57 Å². The summed E-state index contributed by atoms with van der Waals surface area (Å²) in [6.45, 7) is 11.1. The maximum atomic E-state index is 12.4. The van der Waals surface area contributed by atoms with Gasteiger partial charge >= 0.3 is 0 Å². The van der Waals surface area contributed by atoms with Crippen LogP contribution in [0, 0.1) is 12.5 Å². The van der Waals surface area contributed by atoms with Gasteiger partial charge in [0.25, 0.3) is 0 Å². The molecule has 1 unspecified atom stereocenters. The summed E-state index contributed by atoms with van der Waals surface area (Å²) >= 11 is 0. The summed E-state index contributed by atoms with van der Waals surface area (Å²) in [4.78, 5) is 15.8. The summed E-state index contributed by atoms with van der Waals surface area (Å²) in [6, 6.07) is 15.4. The van der Waals surface area contributed by atoms with E-state index in [0.717, 1.165) is 12.8 Å². The van der Waals surface area contributed by atoms with Crippen molar-refractivity contribution in [1.82, 2.24) is 0 Å². The molecule has 0 aliphatic heterocycles. The summed E-state index contributed by atoms with van der Waals surface area (Å²) in [5.74, 6) is 0.0125. The highest BCUT2D eigenvalue weighted by Crippen LogP contribution is 2.19. The van der Waals surface area contributed by atoms with Crippen LogP contribution in [0.1, 0.15) is 35.3 Å². The van der Waals surface area contributed by atoms with E-state index in [0.29, 0.717) is 11.3 Å². The Hall–Kier alpha value is -2.40. The van der Waals surface area contributed by atoms with Crippen molar-refractivity contribution in [3.8, 4) is 0 Å². The Bertz CT molecular complexity index is 665. The molecule has 0 radical (unpaired) electrons. The Morgan fingerprint density at radius 3 is 2.43 bits per heavy atom. The fraction of sp³-hybridized carbons (Fsp3) is 0.263. The molecule has 106 valence electrons. The molecule has 2 rings (SSSR count).